The Balaban J connectivity index is 0.00000156. The van der Waals surface area contributed by atoms with Crippen molar-refractivity contribution in [3.63, 3.8) is 0 Å². The number of amides is 1. The number of para-hydroxylation sites is 1. The van der Waals surface area contributed by atoms with Gasteiger partial charge in [-0.05, 0) is 31.4 Å². The van der Waals surface area contributed by atoms with E-state index in [-0.39, 0.29) is 24.4 Å². The number of benzene rings is 1. The highest BCUT2D eigenvalue weighted by molar-refractivity contribution is 7.15. The van der Waals surface area contributed by atoms with E-state index >= 15 is 0 Å². The monoisotopic (exact) mass is 349 g/mol. The van der Waals surface area contributed by atoms with Crippen LogP contribution in [0.5, 0.6) is 0 Å². The highest BCUT2D eigenvalue weighted by atomic mass is 35.5. The molecule has 3 N–H and O–H groups in total. The fraction of sp³-hybridized carbons (Fsp3) is 0.250. The van der Waals surface area contributed by atoms with Crippen LogP contribution in [0.15, 0.2) is 34.7 Å². The molecular formula is C16H16ClN3O2S. The second-order valence-corrected chi connectivity index (χ2v) is 6.58. The summed E-state index contributed by atoms with van der Waals surface area (Å²) in [6.45, 7) is 0. The van der Waals surface area contributed by atoms with Crippen LogP contribution in [-0.2, 0) is 12.8 Å². The molecule has 23 heavy (non-hydrogen) atoms. The molecule has 7 heteroatoms. The quantitative estimate of drug-likeness (QED) is 0.743. The first-order valence-corrected chi connectivity index (χ1v) is 8.05. The standard InChI is InChI=1S/C16H15N3O2S.ClH/c17-10-5-6-11-14(8-10)22-16(18-11)19-15(20)13-7-9-3-1-2-4-12(9)21-13;/h1-4,7,10H,5-6,8,17H2,(H,18,19,20);1H/t10-;/m0./s1. The van der Waals surface area contributed by atoms with Gasteiger partial charge in [0.25, 0.3) is 5.91 Å². The molecule has 1 aliphatic rings. The molecule has 1 aliphatic carbocycles. The number of carbonyl (C=O) groups excluding carboxylic acids is 1. The van der Waals surface area contributed by atoms with Gasteiger partial charge in [0, 0.05) is 16.3 Å². The summed E-state index contributed by atoms with van der Waals surface area (Å²) < 4.78 is 5.57. The van der Waals surface area contributed by atoms with Crippen molar-refractivity contribution in [2.24, 2.45) is 5.73 Å². The first kappa shape index (κ1) is 16.0. The lowest BCUT2D eigenvalue weighted by Crippen LogP contribution is -2.27. The normalized spacial score (nSPS) is 16.7. The lowest BCUT2D eigenvalue weighted by molar-refractivity contribution is 0.0998. The fourth-order valence-corrected chi connectivity index (χ4v) is 3.80. The molecule has 0 unspecified atom stereocenters. The first-order valence-electron chi connectivity index (χ1n) is 7.23. The third kappa shape index (κ3) is 3.10. The van der Waals surface area contributed by atoms with Gasteiger partial charge in [0.05, 0.1) is 5.69 Å². The van der Waals surface area contributed by atoms with E-state index in [1.54, 1.807) is 6.07 Å². The number of nitrogens with one attached hydrogen (secondary N) is 1. The Labute approximate surface area is 143 Å². The van der Waals surface area contributed by atoms with E-state index in [0.29, 0.717) is 16.5 Å². The van der Waals surface area contributed by atoms with Crippen LogP contribution in [0.3, 0.4) is 0 Å². The molecule has 120 valence electrons. The Hall–Kier alpha value is -1.89. The number of anilines is 1. The average molecular weight is 350 g/mol. The van der Waals surface area contributed by atoms with E-state index in [4.69, 9.17) is 10.2 Å². The molecule has 0 fully saturated rings. The molecule has 0 bridgehead atoms. The van der Waals surface area contributed by atoms with Crippen LogP contribution in [0.1, 0.15) is 27.5 Å². The van der Waals surface area contributed by atoms with Crippen molar-refractivity contribution in [3.8, 4) is 0 Å². The Kier molecular flexibility index (Phi) is 4.39. The zero-order chi connectivity index (χ0) is 15.1. The van der Waals surface area contributed by atoms with Crippen LogP contribution < -0.4 is 11.1 Å². The number of hydrogen-bond donors (Lipinski definition) is 2. The Morgan fingerprint density at radius 1 is 1.39 bits per heavy atom. The molecule has 1 aromatic carbocycles. The molecule has 0 saturated heterocycles. The van der Waals surface area contributed by atoms with Gasteiger partial charge in [0.15, 0.2) is 10.9 Å². The number of nitrogens with zero attached hydrogens (tertiary/aromatic N) is 1. The zero-order valence-corrected chi connectivity index (χ0v) is 13.9. The lowest BCUT2D eigenvalue weighted by Gasteiger charge is -2.15. The number of rotatable bonds is 2. The number of aromatic nitrogens is 1. The number of furan rings is 1. The van der Waals surface area contributed by atoms with Crippen LogP contribution in [-0.4, -0.2) is 16.9 Å². The molecule has 2 aromatic heterocycles. The van der Waals surface area contributed by atoms with E-state index in [9.17, 15) is 4.79 Å². The fourth-order valence-electron chi connectivity index (χ4n) is 2.71. The van der Waals surface area contributed by atoms with Gasteiger partial charge in [-0.2, -0.15) is 0 Å². The summed E-state index contributed by atoms with van der Waals surface area (Å²) in [6, 6.07) is 9.50. The van der Waals surface area contributed by atoms with Crippen LogP contribution in [0.2, 0.25) is 0 Å². The van der Waals surface area contributed by atoms with Crippen molar-refractivity contribution >= 4 is 45.8 Å². The van der Waals surface area contributed by atoms with Crippen LogP contribution >= 0.6 is 23.7 Å². The van der Waals surface area contributed by atoms with Crippen LogP contribution in [0.4, 0.5) is 5.13 Å². The summed E-state index contributed by atoms with van der Waals surface area (Å²) in [6.07, 6.45) is 2.68. The molecule has 3 aromatic rings. The van der Waals surface area contributed by atoms with Crippen molar-refractivity contribution in [2.45, 2.75) is 25.3 Å². The van der Waals surface area contributed by atoms with Crippen LogP contribution in [0.25, 0.3) is 11.0 Å². The van der Waals surface area contributed by atoms with Gasteiger partial charge < -0.3 is 10.2 Å². The maximum Gasteiger partial charge on any atom is 0.293 e. The van der Waals surface area contributed by atoms with Gasteiger partial charge in [-0.1, -0.05) is 18.2 Å². The molecular weight excluding hydrogens is 334 g/mol. The number of fused-ring (bicyclic) bond motifs is 2. The summed E-state index contributed by atoms with van der Waals surface area (Å²) in [5, 5.41) is 4.35. The third-order valence-electron chi connectivity index (χ3n) is 3.85. The largest absolute Gasteiger partial charge is 0.451 e. The molecule has 1 amide bonds. The smallest absolute Gasteiger partial charge is 0.293 e. The van der Waals surface area contributed by atoms with Gasteiger partial charge in [-0.15, -0.1) is 23.7 Å². The number of nitrogens with two attached hydrogens (primary N) is 1. The average Bonchev–Trinajstić information content (AvgIpc) is 3.09. The molecule has 0 radical (unpaired) electrons. The highest BCUT2D eigenvalue weighted by Crippen LogP contribution is 2.29. The maximum atomic E-state index is 12.3. The molecule has 0 aliphatic heterocycles. The number of halogens is 1. The molecule has 0 saturated carbocycles. The summed E-state index contributed by atoms with van der Waals surface area (Å²) in [5.41, 5.74) is 7.74. The second kappa shape index (κ2) is 6.31. The zero-order valence-electron chi connectivity index (χ0n) is 12.2. The SMILES string of the molecule is Cl.N[C@H]1CCc2nc(NC(=O)c3cc4ccccc4o3)sc2C1. The summed E-state index contributed by atoms with van der Waals surface area (Å²) in [7, 11) is 0. The van der Waals surface area contributed by atoms with Crippen molar-refractivity contribution in [1.82, 2.24) is 4.98 Å². The number of hydrogen-bond acceptors (Lipinski definition) is 5. The van der Waals surface area contributed by atoms with Crippen molar-refractivity contribution in [1.29, 1.82) is 0 Å². The summed E-state index contributed by atoms with van der Waals surface area (Å²) in [5.74, 6) is 0.0256. The second-order valence-electron chi connectivity index (χ2n) is 5.49. The topological polar surface area (TPSA) is 81.1 Å². The minimum absolute atomic E-state index is 0. The van der Waals surface area contributed by atoms with Gasteiger partial charge in [0.1, 0.15) is 5.58 Å². The van der Waals surface area contributed by atoms with Crippen LogP contribution in [0, 0.1) is 0 Å². The summed E-state index contributed by atoms with van der Waals surface area (Å²) in [4.78, 5) is 18.0. The van der Waals surface area contributed by atoms with Gasteiger partial charge in [0.2, 0.25) is 0 Å². The Bertz CT molecular complexity index is 825. The Morgan fingerprint density at radius 2 is 2.22 bits per heavy atom. The van der Waals surface area contributed by atoms with E-state index in [1.165, 1.54) is 16.2 Å². The van der Waals surface area contributed by atoms with E-state index in [2.05, 4.69) is 10.3 Å². The Morgan fingerprint density at radius 3 is 3.04 bits per heavy atom. The number of carbonyl (C=O) groups is 1. The third-order valence-corrected chi connectivity index (χ3v) is 4.88. The van der Waals surface area contributed by atoms with Gasteiger partial charge in [-0.3, -0.25) is 10.1 Å². The van der Waals surface area contributed by atoms with Crippen molar-refractivity contribution in [3.05, 3.63) is 46.7 Å². The lowest BCUT2D eigenvalue weighted by atomic mass is 9.99. The van der Waals surface area contributed by atoms with E-state index in [0.717, 1.165) is 30.3 Å². The predicted octanol–water partition coefficient (Wildman–Crippen LogP) is 3.38. The van der Waals surface area contributed by atoms with E-state index in [1.807, 2.05) is 24.3 Å². The number of aryl methyl sites for hydroxylation is 1. The first-order chi connectivity index (χ1) is 10.7. The highest BCUT2D eigenvalue weighted by Gasteiger charge is 2.21. The minimum atomic E-state index is -0.272. The summed E-state index contributed by atoms with van der Waals surface area (Å²) >= 11 is 1.50. The molecule has 4 rings (SSSR count). The van der Waals surface area contributed by atoms with E-state index < -0.39 is 0 Å². The molecule has 0 spiro atoms. The van der Waals surface area contributed by atoms with Gasteiger partial charge in [-0.25, -0.2) is 4.98 Å². The molecule has 2 heterocycles. The van der Waals surface area contributed by atoms with Gasteiger partial charge >= 0.3 is 0 Å². The van der Waals surface area contributed by atoms with Crippen molar-refractivity contribution < 1.29 is 9.21 Å². The number of thiazole rings is 1. The molecule has 1 atom stereocenters. The predicted molar refractivity (Wildman–Crippen MR) is 93.5 cm³/mol. The van der Waals surface area contributed by atoms with Crippen molar-refractivity contribution in [2.75, 3.05) is 5.32 Å². The maximum absolute atomic E-state index is 12.3. The molecule has 5 nitrogen and oxygen atoms in total. The minimum Gasteiger partial charge on any atom is -0.451 e.